The first-order valence-electron chi connectivity index (χ1n) is 12.2. The van der Waals surface area contributed by atoms with Gasteiger partial charge in [-0.1, -0.05) is 91.0 Å². The molecule has 4 atom stereocenters. The molecule has 2 N–H and O–H groups in total. The van der Waals surface area contributed by atoms with Gasteiger partial charge in [-0.05, 0) is 16.7 Å². The molecule has 3 aromatic carbocycles. The number of nitrogens with two attached hydrogens (primary N) is 1. The highest BCUT2D eigenvalue weighted by Crippen LogP contribution is 2.28. The monoisotopic (exact) mass is 527 g/mol. The van der Waals surface area contributed by atoms with E-state index in [1.165, 1.54) is 0 Å². The largest absolute Gasteiger partial charge is 0.374 e. The number of rotatable bonds is 13. The molecule has 37 heavy (non-hydrogen) atoms. The number of hydrogen-bond acceptors (Lipinski definition) is 7. The van der Waals surface area contributed by atoms with E-state index >= 15 is 0 Å². The van der Waals surface area contributed by atoms with E-state index < -0.39 is 34.7 Å². The summed E-state index contributed by atoms with van der Waals surface area (Å²) in [5, 5.41) is 5.05. The Balaban J connectivity index is 1.49. The van der Waals surface area contributed by atoms with Crippen LogP contribution in [0.1, 0.15) is 23.1 Å². The molecule has 0 bridgehead atoms. The Labute approximate surface area is 218 Å². The molecule has 0 aliphatic carbocycles. The van der Waals surface area contributed by atoms with Gasteiger partial charge in [-0.15, -0.1) is 0 Å². The second kappa shape index (κ2) is 13.8. The maximum absolute atomic E-state index is 11.4. The van der Waals surface area contributed by atoms with Gasteiger partial charge < -0.3 is 18.9 Å². The SMILES string of the molecule is NS(=O)(=O)OC[C@H]1C[C@@H](OCc2ccccc2)[C@H](OCc2ccccc2)C(COCc2ccccc2)O1. The van der Waals surface area contributed by atoms with E-state index in [-0.39, 0.29) is 13.2 Å². The summed E-state index contributed by atoms with van der Waals surface area (Å²) in [5.41, 5.74) is 3.07. The minimum atomic E-state index is -4.11. The minimum absolute atomic E-state index is 0.218. The Bertz CT molecular complexity index is 1160. The molecule has 1 fully saturated rings. The van der Waals surface area contributed by atoms with E-state index in [9.17, 15) is 8.42 Å². The van der Waals surface area contributed by atoms with Gasteiger partial charge in [0.15, 0.2) is 0 Å². The van der Waals surface area contributed by atoms with Crippen molar-refractivity contribution in [2.75, 3.05) is 13.2 Å². The van der Waals surface area contributed by atoms with Crippen molar-refractivity contribution in [1.82, 2.24) is 0 Å². The van der Waals surface area contributed by atoms with Crippen LogP contribution in [0.2, 0.25) is 0 Å². The summed E-state index contributed by atoms with van der Waals surface area (Å²) in [7, 11) is -4.11. The van der Waals surface area contributed by atoms with Crippen LogP contribution in [0.4, 0.5) is 0 Å². The Morgan fingerprint density at radius 3 is 1.78 bits per heavy atom. The third-order valence-corrected chi connectivity index (χ3v) is 6.46. The van der Waals surface area contributed by atoms with Crippen molar-refractivity contribution in [3.05, 3.63) is 108 Å². The lowest BCUT2D eigenvalue weighted by molar-refractivity contribution is -0.224. The smallest absolute Gasteiger partial charge is 0.333 e. The molecule has 0 saturated carbocycles. The maximum atomic E-state index is 11.4. The van der Waals surface area contributed by atoms with Crippen molar-refractivity contribution < 1.29 is 31.5 Å². The first-order chi connectivity index (χ1) is 18.0. The summed E-state index contributed by atoms with van der Waals surface area (Å²) in [4.78, 5) is 0. The van der Waals surface area contributed by atoms with E-state index in [1.807, 2.05) is 91.0 Å². The van der Waals surface area contributed by atoms with Gasteiger partial charge in [-0.3, -0.25) is 4.18 Å². The van der Waals surface area contributed by atoms with Gasteiger partial charge in [0, 0.05) is 6.42 Å². The topological polar surface area (TPSA) is 106 Å². The van der Waals surface area contributed by atoms with Crippen molar-refractivity contribution >= 4 is 10.3 Å². The molecule has 1 aliphatic rings. The van der Waals surface area contributed by atoms with Gasteiger partial charge in [0.2, 0.25) is 0 Å². The second-order valence-electron chi connectivity index (χ2n) is 8.91. The van der Waals surface area contributed by atoms with Crippen LogP contribution in [0.15, 0.2) is 91.0 Å². The van der Waals surface area contributed by atoms with Gasteiger partial charge in [0.1, 0.15) is 12.2 Å². The summed E-state index contributed by atoms with van der Waals surface area (Å²) < 4.78 is 52.6. The maximum Gasteiger partial charge on any atom is 0.333 e. The summed E-state index contributed by atoms with van der Waals surface area (Å²) >= 11 is 0. The van der Waals surface area contributed by atoms with Crippen molar-refractivity contribution in [1.29, 1.82) is 0 Å². The van der Waals surface area contributed by atoms with Crippen LogP contribution in [0, 0.1) is 0 Å². The standard InChI is InChI=1S/C28H33NO7S/c29-37(30,31)35-20-25-16-26(33-18-23-12-6-2-7-13-23)28(34-19-24-14-8-3-9-15-24)27(36-25)21-32-17-22-10-4-1-5-11-22/h1-15,25-28H,16-21H2,(H2,29,30,31)/t25-,26-,27?,28+/m1/s1. The Morgan fingerprint density at radius 2 is 1.24 bits per heavy atom. The molecule has 198 valence electrons. The van der Waals surface area contributed by atoms with Crippen LogP contribution in [0.25, 0.3) is 0 Å². The van der Waals surface area contributed by atoms with Crippen molar-refractivity contribution in [2.45, 2.75) is 50.7 Å². The summed E-state index contributed by atoms with van der Waals surface area (Å²) in [6.45, 7) is 1.15. The van der Waals surface area contributed by atoms with Crippen LogP contribution < -0.4 is 5.14 Å². The molecule has 0 amide bonds. The molecule has 0 aromatic heterocycles. The zero-order valence-electron chi connectivity index (χ0n) is 20.6. The summed E-state index contributed by atoms with van der Waals surface area (Å²) in [6.07, 6.45) is -1.56. The van der Waals surface area contributed by atoms with E-state index in [1.54, 1.807) is 0 Å². The average Bonchev–Trinajstić information content (AvgIpc) is 2.91. The fourth-order valence-corrected chi connectivity index (χ4v) is 4.56. The quantitative estimate of drug-likeness (QED) is 0.361. The van der Waals surface area contributed by atoms with Gasteiger partial charge >= 0.3 is 10.3 Å². The van der Waals surface area contributed by atoms with Crippen LogP contribution in [-0.2, 0) is 53.3 Å². The first-order valence-corrected chi connectivity index (χ1v) is 13.7. The van der Waals surface area contributed by atoms with Crippen LogP contribution in [-0.4, -0.2) is 46.0 Å². The predicted octanol–water partition coefficient (Wildman–Crippen LogP) is 3.75. The lowest BCUT2D eigenvalue weighted by Gasteiger charge is -2.41. The Morgan fingerprint density at radius 1 is 0.730 bits per heavy atom. The molecular weight excluding hydrogens is 494 g/mol. The third-order valence-electron chi connectivity index (χ3n) is 6.00. The highest BCUT2D eigenvalue weighted by molar-refractivity contribution is 7.84. The van der Waals surface area contributed by atoms with Crippen molar-refractivity contribution in [3.8, 4) is 0 Å². The van der Waals surface area contributed by atoms with E-state index in [4.69, 9.17) is 28.3 Å². The molecule has 8 nitrogen and oxygen atoms in total. The molecule has 4 rings (SSSR count). The minimum Gasteiger partial charge on any atom is -0.374 e. The summed E-state index contributed by atoms with van der Waals surface area (Å²) in [6, 6.07) is 29.5. The fourth-order valence-electron chi connectivity index (χ4n) is 4.21. The lowest BCUT2D eigenvalue weighted by Crippen LogP contribution is -2.53. The Kier molecular flexibility index (Phi) is 10.2. The molecule has 0 spiro atoms. The third kappa shape index (κ3) is 9.32. The van der Waals surface area contributed by atoms with Gasteiger partial charge in [-0.2, -0.15) is 8.42 Å². The molecule has 9 heteroatoms. The lowest BCUT2D eigenvalue weighted by atomic mass is 9.97. The molecular formula is C28H33NO7S. The molecule has 1 heterocycles. The van der Waals surface area contributed by atoms with Crippen molar-refractivity contribution in [2.24, 2.45) is 5.14 Å². The van der Waals surface area contributed by atoms with E-state index in [0.717, 1.165) is 16.7 Å². The second-order valence-corrected chi connectivity index (χ2v) is 10.1. The normalized spacial score (nSPS) is 22.1. The summed E-state index contributed by atoms with van der Waals surface area (Å²) in [5.74, 6) is 0. The van der Waals surface area contributed by atoms with Crippen molar-refractivity contribution in [3.63, 3.8) is 0 Å². The average molecular weight is 528 g/mol. The molecule has 0 radical (unpaired) electrons. The van der Waals surface area contributed by atoms with Gasteiger partial charge in [0.05, 0.1) is 45.2 Å². The zero-order chi connectivity index (χ0) is 25.9. The van der Waals surface area contributed by atoms with Crippen LogP contribution >= 0.6 is 0 Å². The fraction of sp³-hybridized carbons (Fsp3) is 0.357. The highest BCUT2D eigenvalue weighted by atomic mass is 32.2. The molecule has 1 saturated heterocycles. The van der Waals surface area contributed by atoms with Crippen LogP contribution in [0.3, 0.4) is 0 Å². The number of benzene rings is 3. The molecule has 1 aliphatic heterocycles. The first kappa shape index (κ1) is 27.4. The number of hydrogen-bond donors (Lipinski definition) is 1. The molecule has 3 aromatic rings. The van der Waals surface area contributed by atoms with Gasteiger partial charge in [-0.25, -0.2) is 5.14 Å². The zero-order valence-corrected chi connectivity index (χ0v) is 21.4. The Hall–Kier alpha value is -2.63. The molecule has 1 unspecified atom stereocenters. The van der Waals surface area contributed by atoms with E-state index in [0.29, 0.717) is 26.2 Å². The highest BCUT2D eigenvalue weighted by Gasteiger charge is 2.41. The predicted molar refractivity (Wildman–Crippen MR) is 138 cm³/mol. The van der Waals surface area contributed by atoms with Gasteiger partial charge in [0.25, 0.3) is 0 Å². The van der Waals surface area contributed by atoms with Crippen LogP contribution in [0.5, 0.6) is 0 Å². The van der Waals surface area contributed by atoms with E-state index in [2.05, 4.69) is 0 Å². The number of ether oxygens (including phenoxy) is 4.